The number of fused-ring (bicyclic) bond motifs is 2. The summed E-state index contributed by atoms with van der Waals surface area (Å²) in [4.78, 5) is 31.6. The van der Waals surface area contributed by atoms with Crippen LogP contribution in [0.25, 0.3) is 16.6 Å². The molecule has 128 valence electrons. The van der Waals surface area contributed by atoms with E-state index in [4.69, 9.17) is 0 Å². The first-order valence-corrected chi connectivity index (χ1v) is 8.34. The number of aromatic nitrogens is 2. The molecule has 2 aromatic carbocycles. The van der Waals surface area contributed by atoms with Gasteiger partial charge in [-0.1, -0.05) is 42.5 Å². The number of nitrogens with zero attached hydrogens (tertiary/aromatic N) is 3. The Kier molecular flexibility index (Phi) is 3.97. The molecule has 0 radical (unpaired) electrons. The van der Waals surface area contributed by atoms with Gasteiger partial charge in [-0.05, 0) is 29.8 Å². The number of carbonyl (C=O) groups is 1. The summed E-state index contributed by atoms with van der Waals surface area (Å²) in [5.74, 6) is -0.143. The van der Waals surface area contributed by atoms with Crippen molar-refractivity contribution in [1.82, 2.24) is 14.3 Å². The highest BCUT2D eigenvalue weighted by Crippen LogP contribution is 2.12. The molecule has 26 heavy (non-hydrogen) atoms. The van der Waals surface area contributed by atoms with Gasteiger partial charge in [0.1, 0.15) is 5.65 Å². The summed E-state index contributed by atoms with van der Waals surface area (Å²) < 4.78 is 1.44. The molecule has 4 rings (SSSR count). The Labute approximate surface area is 150 Å². The summed E-state index contributed by atoms with van der Waals surface area (Å²) in [5, 5.41) is 0.534. The molecule has 0 spiro atoms. The highest BCUT2D eigenvalue weighted by molar-refractivity contribution is 5.94. The van der Waals surface area contributed by atoms with Crippen LogP contribution in [-0.2, 0) is 6.54 Å². The predicted octanol–water partition coefficient (Wildman–Crippen LogP) is 3.12. The first-order chi connectivity index (χ1) is 12.6. The smallest absolute Gasteiger partial charge is 0.265 e. The average Bonchev–Trinajstić information content (AvgIpc) is 2.68. The van der Waals surface area contributed by atoms with E-state index < -0.39 is 0 Å². The normalized spacial score (nSPS) is 11.0. The number of hydrogen-bond acceptors (Lipinski definition) is 3. The van der Waals surface area contributed by atoms with Crippen molar-refractivity contribution in [3.05, 3.63) is 94.4 Å². The van der Waals surface area contributed by atoms with Crippen LogP contribution in [-0.4, -0.2) is 27.2 Å². The molecule has 0 atom stereocenters. The number of pyridine rings is 1. The minimum Gasteiger partial charge on any atom is -0.337 e. The lowest BCUT2D eigenvalue weighted by atomic mass is 10.2. The zero-order valence-electron chi connectivity index (χ0n) is 14.3. The van der Waals surface area contributed by atoms with Gasteiger partial charge < -0.3 is 4.90 Å². The Balaban J connectivity index is 1.72. The van der Waals surface area contributed by atoms with Gasteiger partial charge in [0.2, 0.25) is 0 Å². The second-order valence-electron chi connectivity index (χ2n) is 6.23. The molecule has 5 heteroatoms. The summed E-state index contributed by atoms with van der Waals surface area (Å²) >= 11 is 0. The van der Waals surface area contributed by atoms with E-state index in [1.165, 1.54) is 4.40 Å². The summed E-state index contributed by atoms with van der Waals surface area (Å²) in [7, 11) is 1.75. The van der Waals surface area contributed by atoms with Crippen molar-refractivity contribution in [1.29, 1.82) is 0 Å². The molecule has 0 aliphatic heterocycles. The zero-order valence-corrected chi connectivity index (χ0v) is 14.3. The number of carbonyl (C=O) groups excluding carboxylic acids is 1. The fourth-order valence-corrected chi connectivity index (χ4v) is 3.03. The Morgan fingerprint density at radius 2 is 1.73 bits per heavy atom. The highest BCUT2D eigenvalue weighted by atomic mass is 16.2. The molecular weight excluding hydrogens is 326 g/mol. The molecule has 5 nitrogen and oxygen atoms in total. The van der Waals surface area contributed by atoms with Crippen LogP contribution in [0.1, 0.15) is 15.9 Å². The second kappa shape index (κ2) is 6.44. The third-order valence-electron chi connectivity index (χ3n) is 4.37. The van der Waals surface area contributed by atoms with Gasteiger partial charge in [0, 0.05) is 19.8 Å². The maximum atomic E-state index is 12.8. The molecule has 2 heterocycles. The predicted molar refractivity (Wildman–Crippen MR) is 101 cm³/mol. The second-order valence-corrected chi connectivity index (χ2v) is 6.23. The summed E-state index contributed by atoms with van der Waals surface area (Å²) in [6, 6.07) is 20.4. The SMILES string of the molecule is CN(Cc1ccccc1)C(=O)c1ccc2nc3ccccc3c(=O)n2c1. The van der Waals surface area contributed by atoms with Crippen molar-refractivity contribution in [2.24, 2.45) is 0 Å². The first kappa shape index (κ1) is 16.0. The summed E-state index contributed by atoms with van der Waals surface area (Å²) in [6.07, 6.45) is 1.57. The highest BCUT2D eigenvalue weighted by Gasteiger charge is 2.14. The van der Waals surface area contributed by atoms with Crippen molar-refractivity contribution < 1.29 is 4.79 Å². The van der Waals surface area contributed by atoms with E-state index >= 15 is 0 Å². The average molecular weight is 343 g/mol. The molecule has 1 amide bonds. The Hall–Kier alpha value is -3.47. The van der Waals surface area contributed by atoms with Crippen LogP contribution in [0, 0.1) is 0 Å². The standard InChI is InChI=1S/C21H17N3O2/c1-23(13-15-7-3-2-4-8-15)20(25)16-11-12-19-22-18-10-6-5-9-17(18)21(26)24(19)14-16/h2-12,14H,13H2,1H3. The first-order valence-electron chi connectivity index (χ1n) is 8.34. The molecule has 0 aliphatic carbocycles. The maximum Gasteiger partial charge on any atom is 0.265 e. The third kappa shape index (κ3) is 2.84. The molecule has 0 fully saturated rings. The van der Waals surface area contributed by atoms with Gasteiger partial charge in [0.05, 0.1) is 16.5 Å². The number of hydrogen-bond donors (Lipinski definition) is 0. The van der Waals surface area contributed by atoms with E-state index in [0.717, 1.165) is 5.56 Å². The number of para-hydroxylation sites is 1. The summed E-state index contributed by atoms with van der Waals surface area (Å²) in [5.41, 5.74) is 2.50. The lowest BCUT2D eigenvalue weighted by Crippen LogP contribution is -2.27. The maximum absolute atomic E-state index is 12.8. The van der Waals surface area contributed by atoms with E-state index in [9.17, 15) is 9.59 Å². The number of rotatable bonds is 3. The molecule has 0 saturated carbocycles. The van der Waals surface area contributed by atoms with Crippen LogP contribution in [0.4, 0.5) is 0 Å². The van der Waals surface area contributed by atoms with Gasteiger partial charge in [-0.25, -0.2) is 4.98 Å². The van der Waals surface area contributed by atoms with Crippen molar-refractivity contribution in [3.63, 3.8) is 0 Å². The third-order valence-corrected chi connectivity index (χ3v) is 4.37. The molecule has 0 saturated heterocycles. The van der Waals surface area contributed by atoms with Gasteiger partial charge in [0.15, 0.2) is 0 Å². The van der Waals surface area contributed by atoms with E-state index in [-0.39, 0.29) is 11.5 Å². The van der Waals surface area contributed by atoms with Crippen LogP contribution in [0.15, 0.2) is 77.7 Å². The van der Waals surface area contributed by atoms with Gasteiger partial charge in [0.25, 0.3) is 11.5 Å². The lowest BCUT2D eigenvalue weighted by Gasteiger charge is -2.17. The van der Waals surface area contributed by atoms with Crippen molar-refractivity contribution in [3.8, 4) is 0 Å². The number of amides is 1. The van der Waals surface area contributed by atoms with Gasteiger partial charge >= 0.3 is 0 Å². The van der Waals surface area contributed by atoms with Crippen LogP contribution in [0.5, 0.6) is 0 Å². The minimum atomic E-state index is -0.175. The Morgan fingerprint density at radius 3 is 2.54 bits per heavy atom. The monoisotopic (exact) mass is 343 g/mol. The van der Waals surface area contributed by atoms with Gasteiger partial charge in [-0.3, -0.25) is 14.0 Å². The van der Waals surface area contributed by atoms with E-state index in [1.807, 2.05) is 42.5 Å². The van der Waals surface area contributed by atoms with Crippen molar-refractivity contribution in [2.75, 3.05) is 7.05 Å². The Bertz CT molecular complexity index is 1170. The lowest BCUT2D eigenvalue weighted by molar-refractivity contribution is 0.0784. The van der Waals surface area contributed by atoms with E-state index in [2.05, 4.69) is 4.98 Å². The zero-order chi connectivity index (χ0) is 18.1. The fraction of sp³-hybridized carbons (Fsp3) is 0.0952. The van der Waals surface area contributed by atoms with Crippen LogP contribution in [0.3, 0.4) is 0 Å². The summed E-state index contributed by atoms with van der Waals surface area (Å²) in [6.45, 7) is 0.503. The van der Waals surface area contributed by atoms with Crippen molar-refractivity contribution in [2.45, 2.75) is 6.54 Å². The fourth-order valence-electron chi connectivity index (χ4n) is 3.03. The molecule has 2 aromatic heterocycles. The largest absolute Gasteiger partial charge is 0.337 e. The van der Waals surface area contributed by atoms with Gasteiger partial charge in [-0.2, -0.15) is 0 Å². The molecule has 0 bridgehead atoms. The van der Waals surface area contributed by atoms with E-state index in [1.54, 1.807) is 42.4 Å². The van der Waals surface area contributed by atoms with Gasteiger partial charge in [-0.15, -0.1) is 0 Å². The molecule has 4 aromatic rings. The Morgan fingerprint density at radius 1 is 1.00 bits per heavy atom. The quantitative estimate of drug-likeness (QED) is 0.537. The van der Waals surface area contributed by atoms with Crippen LogP contribution < -0.4 is 5.56 Å². The van der Waals surface area contributed by atoms with Crippen molar-refractivity contribution >= 4 is 22.5 Å². The van der Waals surface area contributed by atoms with E-state index in [0.29, 0.717) is 28.7 Å². The van der Waals surface area contributed by atoms with Crippen LogP contribution >= 0.6 is 0 Å². The minimum absolute atomic E-state index is 0.143. The molecule has 0 aliphatic rings. The molecular formula is C21H17N3O2. The molecule has 0 unspecified atom stereocenters. The number of benzene rings is 2. The topological polar surface area (TPSA) is 54.7 Å². The molecule has 0 N–H and O–H groups in total. The van der Waals surface area contributed by atoms with Crippen LogP contribution in [0.2, 0.25) is 0 Å².